The number of ether oxygens (including phenoxy) is 1. The number of hydrogen-bond donors (Lipinski definition) is 1. The zero-order chi connectivity index (χ0) is 15.2. The van der Waals surface area contributed by atoms with Gasteiger partial charge in [-0.05, 0) is 53.5 Å². The summed E-state index contributed by atoms with van der Waals surface area (Å²) in [6.45, 7) is 4.47. The lowest BCUT2D eigenvalue weighted by molar-refractivity contribution is 0.295. The van der Waals surface area contributed by atoms with Crippen molar-refractivity contribution in [2.75, 3.05) is 0 Å². The first kappa shape index (κ1) is 15.9. The van der Waals surface area contributed by atoms with Crippen LogP contribution in [0.15, 0.2) is 34.9 Å². The molecule has 0 radical (unpaired) electrons. The Morgan fingerprint density at radius 2 is 2.10 bits per heavy atom. The second-order valence-electron chi connectivity index (χ2n) is 5.03. The third-order valence-corrected chi connectivity index (χ3v) is 3.68. The Morgan fingerprint density at radius 3 is 2.76 bits per heavy atom. The molecule has 0 amide bonds. The second-order valence-corrected chi connectivity index (χ2v) is 5.94. The van der Waals surface area contributed by atoms with E-state index >= 15 is 0 Å². The van der Waals surface area contributed by atoms with Gasteiger partial charge in [0.2, 0.25) is 0 Å². The van der Waals surface area contributed by atoms with E-state index in [2.05, 4.69) is 32.8 Å². The van der Waals surface area contributed by atoms with E-state index in [0.29, 0.717) is 6.61 Å². The van der Waals surface area contributed by atoms with Crippen molar-refractivity contribution in [2.24, 2.45) is 5.73 Å². The molecule has 2 N–H and O–H groups in total. The number of nitrogens with two attached hydrogens (primary N) is 1. The molecular formula is C16H20BrN3O. The van der Waals surface area contributed by atoms with Crippen LogP contribution in [-0.2, 0) is 13.0 Å². The van der Waals surface area contributed by atoms with Crippen molar-refractivity contribution >= 4 is 15.9 Å². The number of halogens is 1. The van der Waals surface area contributed by atoms with Gasteiger partial charge in [-0.25, -0.2) is 0 Å². The van der Waals surface area contributed by atoms with Gasteiger partial charge in [0, 0.05) is 28.8 Å². The molecule has 0 fully saturated rings. The van der Waals surface area contributed by atoms with Crippen molar-refractivity contribution in [2.45, 2.75) is 39.3 Å². The Morgan fingerprint density at radius 1 is 1.29 bits per heavy atom. The standard InChI is InChI=1S/C16H20BrN3O/c1-3-13(18)8-15-16(7-4-11(2)20-15)21-10-14-6-5-12(17)9-19-14/h4-7,9,13H,3,8,10,18H2,1-2H3. The Hall–Kier alpha value is -1.46. The van der Waals surface area contributed by atoms with Gasteiger partial charge in [0.05, 0.1) is 11.4 Å². The van der Waals surface area contributed by atoms with E-state index in [4.69, 9.17) is 10.5 Å². The summed E-state index contributed by atoms with van der Waals surface area (Å²) in [6, 6.07) is 7.90. The van der Waals surface area contributed by atoms with Crippen LogP contribution in [0.5, 0.6) is 5.75 Å². The molecule has 2 rings (SSSR count). The van der Waals surface area contributed by atoms with Crippen molar-refractivity contribution < 1.29 is 4.74 Å². The fourth-order valence-corrected chi connectivity index (χ4v) is 2.15. The van der Waals surface area contributed by atoms with Crippen molar-refractivity contribution in [3.8, 4) is 5.75 Å². The lowest BCUT2D eigenvalue weighted by Gasteiger charge is -2.14. The Kier molecular flexibility index (Phi) is 5.70. The molecule has 1 atom stereocenters. The van der Waals surface area contributed by atoms with Crippen LogP contribution in [0.1, 0.15) is 30.4 Å². The SMILES string of the molecule is CCC(N)Cc1nc(C)ccc1OCc1ccc(Br)cn1. The van der Waals surface area contributed by atoms with Crippen LogP contribution in [-0.4, -0.2) is 16.0 Å². The van der Waals surface area contributed by atoms with E-state index in [9.17, 15) is 0 Å². The van der Waals surface area contributed by atoms with Gasteiger partial charge in [-0.15, -0.1) is 0 Å². The van der Waals surface area contributed by atoms with Crippen LogP contribution in [0, 0.1) is 6.92 Å². The van der Waals surface area contributed by atoms with Crippen LogP contribution < -0.4 is 10.5 Å². The summed E-state index contributed by atoms with van der Waals surface area (Å²) in [4.78, 5) is 8.86. The molecule has 2 heterocycles. The molecular weight excluding hydrogens is 330 g/mol. The molecule has 0 bridgehead atoms. The van der Waals surface area contributed by atoms with Crippen LogP contribution in [0.4, 0.5) is 0 Å². The van der Waals surface area contributed by atoms with Crippen LogP contribution in [0.25, 0.3) is 0 Å². The zero-order valence-electron chi connectivity index (χ0n) is 12.3. The van der Waals surface area contributed by atoms with Crippen molar-refractivity contribution in [1.29, 1.82) is 0 Å². The van der Waals surface area contributed by atoms with Gasteiger partial charge in [0.15, 0.2) is 0 Å². The molecule has 0 aromatic carbocycles. The number of rotatable bonds is 6. The minimum Gasteiger partial charge on any atom is -0.485 e. The number of aryl methyl sites for hydroxylation is 1. The maximum Gasteiger partial charge on any atom is 0.141 e. The molecule has 1 unspecified atom stereocenters. The number of nitrogens with zero attached hydrogens (tertiary/aromatic N) is 2. The van der Waals surface area contributed by atoms with E-state index in [-0.39, 0.29) is 6.04 Å². The monoisotopic (exact) mass is 349 g/mol. The van der Waals surface area contributed by atoms with E-state index < -0.39 is 0 Å². The third-order valence-electron chi connectivity index (χ3n) is 3.22. The molecule has 21 heavy (non-hydrogen) atoms. The highest BCUT2D eigenvalue weighted by Gasteiger charge is 2.10. The van der Waals surface area contributed by atoms with Crippen molar-refractivity contribution in [3.63, 3.8) is 0 Å². The van der Waals surface area contributed by atoms with Crippen LogP contribution in [0.3, 0.4) is 0 Å². The van der Waals surface area contributed by atoms with E-state index in [1.807, 2.05) is 31.2 Å². The predicted molar refractivity (Wildman–Crippen MR) is 87.2 cm³/mol. The fraction of sp³-hybridized carbons (Fsp3) is 0.375. The molecule has 0 saturated heterocycles. The molecule has 0 saturated carbocycles. The highest BCUT2D eigenvalue weighted by molar-refractivity contribution is 9.10. The van der Waals surface area contributed by atoms with Gasteiger partial charge in [-0.3, -0.25) is 9.97 Å². The Labute approximate surface area is 133 Å². The summed E-state index contributed by atoms with van der Waals surface area (Å²) in [5.74, 6) is 0.786. The van der Waals surface area contributed by atoms with Gasteiger partial charge in [0.25, 0.3) is 0 Å². The lowest BCUT2D eigenvalue weighted by Crippen LogP contribution is -2.22. The minimum atomic E-state index is 0.104. The number of pyridine rings is 2. The van der Waals surface area contributed by atoms with Gasteiger partial charge in [-0.2, -0.15) is 0 Å². The first-order valence-corrected chi connectivity index (χ1v) is 7.83. The summed E-state index contributed by atoms with van der Waals surface area (Å²) in [7, 11) is 0. The fourth-order valence-electron chi connectivity index (χ4n) is 1.91. The topological polar surface area (TPSA) is 61.0 Å². The predicted octanol–water partition coefficient (Wildman–Crippen LogP) is 3.41. The molecule has 0 spiro atoms. The normalized spacial score (nSPS) is 12.2. The highest BCUT2D eigenvalue weighted by atomic mass is 79.9. The molecule has 0 aliphatic heterocycles. The Balaban J connectivity index is 2.09. The number of aromatic nitrogens is 2. The Bertz CT molecular complexity index is 587. The van der Waals surface area contributed by atoms with Gasteiger partial charge >= 0.3 is 0 Å². The zero-order valence-corrected chi connectivity index (χ0v) is 13.9. The number of hydrogen-bond acceptors (Lipinski definition) is 4. The van der Waals surface area contributed by atoms with Crippen molar-refractivity contribution in [1.82, 2.24) is 9.97 Å². The molecule has 2 aromatic heterocycles. The van der Waals surface area contributed by atoms with Gasteiger partial charge in [0.1, 0.15) is 12.4 Å². The molecule has 0 aliphatic carbocycles. The second kappa shape index (κ2) is 7.52. The van der Waals surface area contributed by atoms with E-state index in [0.717, 1.165) is 40.1 Å². The first-order chi connectivity index (χ1) is 10.1. The van der Waals surface area contributed by atoms with Crippen molar-refractivity contribution in [3.05, 3.63) is 52.0 Å². The molecule has 2 aromatic rings. The lowest BCUT2D eigenvalue weighted by atomic mass is 10.1. The molecule has 4 nitrogen and oxygen atoms in total. The summed E-state index contributed by atoms with van der Waals surface area (Å²) in [5.41, 5.74) is 8.81. The summed E-state index contributed by atoms with van der Waals surface area (Å²) in [5, 5.41) is 0. The summed E-state index contributed by atoms with van der Waals surface area (Å²) >= 11 is 3.37. The average molecular weight is 350 g/mol. The molecule has 112 valence electrons. The average Bonchev–Trinajstić information content (AvgIpc) is 2.48. The third kappa shape index (κ3) is 4.79. The summed E-state index contributed by atoms with van der Waals surface area (Å²) in [6.07, 6.45) is 3.41. The van der Waals surface area contributed by atoms with Gasteiger partial charge < -0.3 is 10.5 Å². The van der Waals surface area contributed by atoms with Crippen LogP contribution >= 0.6 is 15.9 Å². The minimum absolute atomic E-state index is 0.104. The van der Waals surface area contributed by atoms with Crippen LogP contribution in [0.2, 0.25) is 0 Å². The quantitative estimate of drug-likeness (QED) is 0.867. The first-order valence-electron chi connectivity index (χ1n) is 7.03. The van der Waals surface area contributed by atoms with E-state index in [1.165, 1.54) is 0 Å². The highest BCUT2D eigenvalue weighted by Crippen LogP contribution is 2.20. The maximum atomic E-state index is 6.03. The summed E-state index contributed by atoms with van der Waals surface area (Å²) < 4.78 is 6.82. The largest absolute Gasteiger partial charge is 0.485 e. The molecule has 5 heteroatoms. The van der Waals surface area contributed by atoms with Gasteiger partial charge in [-0.1, -0.05) is 6.92 Å². The molecule has 0 aliphatic rings. The smallest absolute Gasteiger partial charge is 0.141 e. The van der Waals surface area contributed by atoms with E-state index in [1.54, 1.807) is 6.20 Å². The maximum absolute atomic E-state index is 6.03.